The van der Waals surface area contributed by atoms with Gasteiger partial charge >= 0.3 is 6.03 Å². The second-order valence-corrected chi connectivity index (χ2v) is 5.05. The minimum Gasteiger partial charge on any atom is -0.324 e. The van der Waals surface area contributed by atoms with Crippen LogP contribution >= 0.6 is 0 Å². The molecule has 0 radical (unpaired) electrons. The largest absolute Gasteiger partial charge is 0.324 e. The predicted octanol–water partition coefficient (Wildman–Crippen LogP) is 2.51. The first-order valence-electron chi connectivity index (χ1n) is 6.99. The summed E-state index contributed by atoms with van der Waals surface area (Å²) >= 11 is 0. The lowest BCUT2D eigenvalue weighted by atomic mass is 10.2. The molecule has 0 atom stereocenters. The van der Waals surface area contributed by atoms with Gasteiger partial charge in [0.15, 0.2) is 5.82 Å². The Morgan fingerprint density at radius 1 is 1.32 bits per heavy atom. The van der Waals surface area contributed by atoms with Crippen molar-refractivity contribution in [2.24, 2.45) is 0 Å². The van der Waals surface area contributed by atoms with Crippen LogP contribution in [0.15, 0.2) is 30.5 Å². The van der Waals surface area contributed by atoms with Gasteiger partial charge in [-0.2, -0.15) is 5.26 Å². The van der Waals surface area contributed by atoms with E-state index in [1.807, 2.05) is 6.07 Å². The van der Waals surface area contributed by atoms with Crippen LogP contribution in [-0.4, -0.2) is 33.8 Å². The number of urea groups is 1. The van der Waals surface area contributed by atoms with Crippen LogP contribution in [0.2, 0.25) is 0 Å². The molecule has 1 aliphatic heterocycles. The number of carbonyl (C=O) groups is 1. The summed E-state index contributed by atoms with van der Waals surface area (Å²) in [5.74, 6) is -0.180. The van der Waals surface area contributed by atoms with E-state index in [1.165, 1.54) is 16.8 Å². The number of nitrogens with zero attached hydrogens (tertiary/aromatic N) is 4. The molecular weight excluding hydrogens is 285 g/mol. The topological polar surface area (TPSA) is 74.0 Å². The van der Waals surface area contributed by atoms with Crippen molar-refractivity contribution in [3.8, 4) is 11.8 Å². The molecule has 1 aliphatic rings. The lowest BCUT2D eigenvalue weighted by Crippen LogP contribution is -2.32. The number of likely N-dealkylation sites (tertiary alicyclic amines) is 1. The number of rotatable bonds is 2. The highest BCUT2D eigenvalue weighted by molar-refractivity contribution is 5.88. The monoisotopic (exact) mass is 299 g/mol. The summed E-state index contributed by atoms with van der Waals surface area (Å²) in [7, 11) is 0. The Balaban J connectivity index is 1.76. The van der Waals surface area contributed by atoms with Gasteiger partial charge in [-0.1, -0.05) is 0 Å². The standard InChI is InChI=1S/C15H14FN5O/c16-12-9-11(10-17)3-4-13(12)21-8-5-14(19-21)18-15(22)20-6-1-2-7-20/h3-5,8-9H,1-2,6-7H2,(H,18,19,22). The van der Waals surface area contributed by atoms with Crippen molar-refractivity contribution in [1.29, 1.82) is 5.26 Å². The molecule has 1 saturated heterocycles. The zero-order valence-corrected chi connectivity index (χ0v) is 11.8. The number of nitriles is 1. The van der Waals surface area contributed by atoms with Crippen molar-refractivity contribution in [3.05, 3.63) is 41.8 Å². The predicted molar refractivity (Wildman–Crippen MR) is 78.1 cm³/mol. The normalized spacial score (nSPS) is 13.9. The molecule has 0 unspecified atom stereocenters. The Kier molecular flexibility index (Phi) is 3.74. The zero-order chi connectivity index (χ0) is 15.5. The third kappa shape index (κ3) is 2.76. The van der Waals surface area contributed by atoms with Crippen LogP contribution in [0.1, 0.15) is 18.4 Å². The lowest BCUT2D eigenvalue weighted by Gasteiger charge is -2.14. The maximum atomic E-state index is 13.9. The third-order valence-corrected chi connectivity index (χ3v) is 3.54. The second-order valence-electron chi connectivity index (χ2n) is 5.05. The summed E-state index contributed by atoms with van der Waals surface area (Å²) in [5.41, 5.74) is 0.469. The third-order valence-electron chi connectivity index (χ3n) is 3.54. The van der Waals surface area contributed by atoms with Crippen LogP contribution in [-0.2, 0) is 0 Å². The number of anilines is 1. The van der Waals surface area contributed by atoms with Crippen molar-refractivity contribution in [3.63, 3.8) is 0 Å². The molecule has 1 fully saturated rings. The fourth-order valence-electron chi connectivity index (χ4n) is 2.40. The number of amides is 2. The van der Waals surface area contributed by atoms with Gasteiger partial charge in [0.2, 0.25) is 0 Å². The van der Waals surface area contributed by atoms with Crippen molar-refractivity contribution in [1.82, 2.24) is 14.7 Å². The van der Waals surface area contributed by atoms with E-state index in [0.717, 1.165) is 32.0 Å². The van der Waals surface area contributed by atoms with E-state index in [9.17, 15) is 9.18 Å². The van der Waals surface area contributed by atoms with Gasteiger partial charge < -0.3 is 4.90 Å². The molecule has 7 heteroatoms. The Bertz CT molecular complexity index is 743. The molecule has 2 aromatic rings. The van der Waals surface area contributed by atoms with Crippen molar-refractivity contribution >= 4 is 11.8 Å². The summed E-state index contributed by atoms with van der Waals surface area (Å²) in [5, 5.41) is 15.6. The number of nitrogens with one attached hydrogen (secondary N) is 1. The molecule has 6 nitrogen and oxygen atoms in total. The number of carbonyl (C=O) groups excluding carboxylic acids is 1. The van der Waals surface area contributed by atoms with E-state index in [4.69, 9.17) is 5.26 Å². The van der Waals surface area contributed by atoms with Gasteiger partial charge in [-0.15, -0.1) is 5.10 Å². The van der Waals surface area contributed by atoms with Gasteiger partial charge in [-0.3, -0.25) is 5.32 Å². The van der Waals surface area contributed by atoms with Gasteiger partial charge in [0.05, 0.1) is 11.6 Å². The van der Waals surface area contributed by atoms with E-state index in [1.54, 1.807) is 17.2 Å². The summed E-state index contributed by atoms with van der Waals surface area (Å²) in [4.78, 5) is 13.7. The van der Waals surface area contributed by atoms with Crippen molar-refractivity contribution in [2.45, 2.75) is 12.8 Å². The first-order chi connectivity index (χ1) is 10.7. The summed E-state index contributed by atoms with van der Waals surface area (Å²) in [6, 6.07) is 7.44. The van der Waals surface area contributed by atoms with E-state index in [0.29, 0.717) is 5.82 Å². The molecule has 2 heterocycles. The van der Waals surface area contributed by atoms with Crippen LogP contribution in [0, 0.1) is 17.1 Å². The lowest BCUT2D eigenvalue weighted by molar-refractivity contribution is 0.222. The molecule has 3 rings (SSSR count). The molecule has 0 bridgehead atoms. The zero-order valence-electron chi connectivity index (χ0n) is 11.8. The van der Waals surface area contributed by atoms with Crippen molar-refractivity contribution in [2.75, 3.05) is 18.4 Å². The highest BCUT2D eigenvalue weighted by atomic mass is 19.1. The SMILES string of the molecule is N#Cc1ccc(-n2ccc(NC(=O)N3CCCC3)n2)c(F)c1. The van der Waals surface area contributed by atoms with Crippen LogP contribution in [0.25, 0.3) is 5.69 Å². The Morgan fingerprint density at radius 3 is 2.77 bits per heavy atom. The van der Waals surface area contributed by atoms with Gasteiger partial charge in [-0.25, -0.2) is 13.9 Å². The number of benzene rings is 1. The average molecular weight is 299 g/mol. The Hall–Kier alpha value is -2.88. The molecule has 0 saturated carbocycles. The van der Waals surface area contributed by atoms with E-state index >= 15 is 0 Å². The molecule has 1 aromatic carbocycles. The van der Waals surface area contributed by atoms with E-state index in [2.05, 4.69) is 10.4 Å². The summed E-state index contributed by atoms with van der Waals surface area (Å²) in [6.07, 6.45) is 3.58. The van der Waals surface area contributed by atoms with Crippen LogP contribution in [0.3, 0.4) is 0 Å². The molecule has 112 valence electrons. The van der Waals surface area contributed by atoms with Crippen molar-refractivity contribution < 1.29 is 9.18 Å². The molecule has 0 aliphatic carbocycles. The Labute approximate surface area is 126 Å². The first kappa shape index (κ1) is 14.1. The minimum absolute atomic E-state index is 0.192. The quantitative estimate of drug-likeness (QED) is 0.926. The molecule has 2 amide bonds. The molecule has 0 spiro atoms. The second kappa shape index (κ2) is 5.85. The highest BCUT2D eigenvalue weighted by Gasteiger charge is 2.18. The van der Waals surface area contributed by atoms with Gasteiger partial charge in [-0.05, 0) is 31.0 Å². The van der Waals surface area contributed by atoms with Gasteiger partial charge in [0, 0.05) is 25.4 Å². The minimum atomic E-state index is -0.542. The highest BCUT2D eigenvalue weighted by Crippen LogP contribution is 2.16. The number of halogens is 1. The van der Waals surface area contributed by atoms with Gasteiger partial charge in [0.1, 0.15) is 11.5 Å². The maximum absolute atomic E-state index is 13.9. The number of hydrogen-bond acceptors (Lipinski definition) is 3. The number of aromatic nitrogens is 2. The smallest absolute Gasteiger partial charge is 0.323 e. The molecule has 22 heavy (non-hydrogen) atoms. The molecular formula is C15H14FN5O. The number of hydrogen-bond donors (Lipinski definition) is 1. The Morgan fingerprint density at radius 2 is 2.09 bits per heavy atom. The van der Waals surface area contributed by atoms with Crippen LogP contribution in [0.5, 0.6) is 0 Å². The van der Waals surface area contributed by atoms with Crippen LogP contribution in [0.4, 0.5) is 15.0 Å². The fourth-order valence-corrected chi connectivity index (χ4v) is 2.40. The molecule has 1 aromatic heterocycles. The van der Waals surface area contributed by atoms with E-state index in [-0.39, 0.29) is 17.3 Å². The van der Waals surface area contributed by atoms with Gasteiger partial charge in [0.25, 0.3) is 0 Å². The summed E-state index contributed by atoms with van der Waals surface area (Å²) < 4.78 is 15.3. The maximum Gasteiger partial charge on any atom is 0.323 e. The first-order valence-corrected chi connectivity index (χ1v) is 6.99. The van der Waals surface area contributed by atoms with Crippen LogP contribution < -0.4 is 5.32 Å². The fraction of sp³-hybridized carbons (Fsp3) is 0.267. The average Bonchev–Trinajstić information content (AvgIpc) is 3.18. The molecule has 1 N–H and O–H groups in total. The summed E-state index contributed by atoms with van der Waals surface area (Å²) in [6.45, 7) is 1.49. The van der Waals surface area contributed by atoms with E-state index < -0.39 is 5.82 Å².